The lowest BCUT2D eigenvalue weighted by atomic mass is 9.85. The number of amides is 7. The fourth-order valence-electron chi connectivity index (χ4n) is 9.35. The molecule has 0 heterocycles. The highest BCUT2D eigenvalue weighted by atomic mass is 35.5. The van der Waals surface area contributed by atoms with Crippen LogP contribution in [0.2, 0.25) is 10.0 Å². The molecule has 0 aliphatic rings. The van der Waals surface area contributed by atoms with Crippen molar-refractivity contribution in [3.8, 4) is 0 Å². The molecule has 0 fully saturated rings. The third-order valence-corrected chi connectivity index (χ3v) is 15.9. The van der Waals surface area contributed by atoms with Gasteiger partial charge in [-0.3, -0.25) is 33.6 Å². The zero-order valence-corrected chi connectivity index (χ0v) is 68.2. The quantitative estimate of drug-likeness (QED) is 0.0412. The molecule has 104 heavy (non-hydrogen) atoms. The summed E-state index contributed by atoms with van der Waals surface area (Å²) < 4.78 is 0. The highest BCUT2D eigenvalue weighted by Crippen LogP contribution is 2.29. The molecule has 0 saturated heterocycles. The van der Waals surface area contributed by atoms with Crippen molar-refractivity contribution in [3.63, 3.8) is 0 Å². The molecule has 0 bridgehead atoms. The van der Waals surface area contributed by atoms with E-state index in [9.17, 15) is 33.6 Å². The molecule has 0 radical (unpaired) electrons. The van der Waals surface area contributed by atoms with Crippen molar-refractivity contribution in [3.05, 3.63) is 205 Å². The van der Waals surface area contributed by atoms with Crippen LogP contribution >= 0.6 is 23.2 Å². The molecule has 568 valence electrons. The summed E-state index contributed by atoms with van der Waals surface area (Å²) in [5, 5.41) is 27.2. The van der Waals surface area contributed by atoms with Gasteiger partial charge in [0.25, 0.3) is 41.4 Å². The van der Waals surface area contributed by atoms with Crippen molar-refractivity contribution in [2.24, 2.45) is 0 Å². The second-order valence-corrected chi connectivity index (χ2v) is 27.8. The second kappa shape index (κ2) is 45.2. The van der Waals surface area contributed by atoms with Gasteiger partial charge in [-0.2, -0.15) is 0 Å². The molecule has 0 unspecified atom stereocenters. The Balaban J connectivity index is 0.000000609. The third-order valence-electron chi connectivity index (χ3n) is 15.5. The van der Waals surface area contributed by atoms with Crippen LogP contribution in [0.25, 0.3) is 0 Å². The first-order chi connectivity index (χ1) is 48.6. The summed E-state index contributed by atoms with van der Waals surface area (Å²) >= 11 is 11.7. The van der Waals surface area contributed by atoms with Crippen LogP contribution in [0.3, 0.4) is 0 Å². The average Bonchev–Trinajstić information content (AvgIpc) is 0.888. The first-order valence-corrected chi connectivity index (χ1v) is 35.0. The second-order valence-electron chi connectivity index (χ2n) is 27.0. The number of nitrogens with zero attached hydrogens (tertiary/aromatic N) is 5. The summed E-state index contributed by atoms with van der Waals surface area (Å²) in [6.45, 7) is 22.3. The van der Waals surface area contributed by atoms with Crippen molar-refractivity contribution in [2.45, 2.75) is 86.5 Å². The normalized spacial score (nSPS) is 10.2. The number of carbonyl (C=O) groups is 7. The maximum Gasteiger partial charge on any atom is 0.253 e. The summed E-state index contributed by atoms with van der Waals surface area (Å²) in [7, 11) is 30.4. The maximum atomic E-state index is 12.4. The van der Waals surface area contributed by atoms with Crippen LogP contribution in [0.1, 0.15) is 157 Å². The highest BCUT2D eigenvalue weighted by Gasteiger charge is 2.21. The monoisotopic (exact) mass is 1470 g/mol. The van der Waals surface area contributed by atoms with Gasteiger partial charge in [0.15, 0.2) is 0 Å². The number of rotatable bonds is 17. The fourth-order valence-corrected chi connectivity index (χ4v) is 9.82. The van der Waals surface area contributed by atoms with Crippen molar-refractivity contribution < 1.29 is 33.6 Å². The number of hydrogen-bond acceptors (Lipinski definition) is 14. The van der Waals surface area contributed by atoms with E-state index in [4.69, 9.17) is 23.2 Å². The minimum Gasteiger partial charge on any atom is -0.388 e. The minimum atomic E-state index is -0.140. The number of hydrogen-bond donors (Lipinski definition) is 9. The maximum absolute atomic E-state index is 12.4. The van der Waals surface area contributed by atoms with Gasteiger partial charge < -0.3 is 72.4 Å². The van der Waals surface area contributed by atoms with E-state index in [-0.39, 0.29) is 52.2 Å². The van der Waals surface area contributed by atoms with Crippen molar-refractivity contribution in [2.75, 3.05) is 170 Å². The number of anilines is 7. The lowest BCUT2D eigenvalue weighted by molar-refractivity contribution is 0.0791. The zero-order valence-electron chi connectivity index (χ0n) is 66.7. The molecule has 7 amide bonds. The fraction of sp³-hybridized carbons (Fsp3) is 0.395. The van der Waals surface area contributed by atoms with E-state index in [0.29, 0.717) is 33.3 Å². The lowest BCUT2D eigenvalue weighted by Gasteiger charge is -2.23. The number of carbonyl (C=O) groups excluding carboxylic acids is 7. The van der Waals surface area contributed by atoms with E-state index >= 15 is 0 Å². The van der Waals surface area contributed by atoms with Gasteiger partial charge in [-0.15, -0.1) is 0 Å². The molecule has 0 aliphatic heterocycles. The van der Waals surface area contributed by atoms with E-state index in [1.807, 2.05) is 154 Å². The molecule has 7 aromatic carbocycles. The molecule has 9 N–H and O–H groups in total. The molecule has 0 aromatic heterocycles. The Bertz CT molecular complexity index is 3870. The highest BCUT2D eigenvalue weighted by molar-refractivity contribution is 6.31. The Morgan fingerprint density at radius 1 is 0.385 bits per heavy atom. The van der Waals surface area contributed by atoms with E-state index in [1.54, 1.807) is 128 Å². The van der Waals surface area contributed by atoms with Crippen LogP contribution in [0, 0.1) is 13.8 Å². The molecule has 0 aliphatic carbocycles. The Morgan fingerprint density at radius 3 is 1.14 bits per heavy atom. The van der Waals surface area contributed by atoms with Gasteiger partial charge in [0, 0.05) is 222 Å². The first kappa shape index (κ1) is 92.0. The van der Waals surface area contributed by atoms with E-state index in [2.05, 4.69) is 108 Å². The average molecular weight is 1470 g/mol. The van der Waals surface area contributed by atoms with Crippen LogP contribution in [0.5, 0.6) is 0 Å². The molecule has 23 heteroatoms. The SMILES string of the molecule is CCCN(C)C(=O)c1cc(NC)cc(C(C)(C)C)c1.CCNC(=O)c1cc(NC)ccc1C.CNC(=O)c1cc(Cl)cc(NC)c1.CNC(=O)c1cccc(N(C)C)c1.CNc1cc(C(=O)N(C)C)cc(C(C)(C)C)c1.CNc1cc(C)cc(C(=O)N(C)C)c1.CNc1cc(Cl)cc(C(=O)N(C)C)c1. The predicted octanol–water partition coefficient (Wildman–Crippen LogP) is 14.7. The number of benzene rings is 7. The standard InChI is InChI=1S/C16H26N2O.C14H22N2O.2C11H16N2O.C10H13ClN2O.C10H14N2O.C9H11ClN2O/c1-7-8-18(6)15(19)12-9-13(16(2,3)4)11-14(10-12)17-5;1-14(2,3)11-7-10(13(17)16(5)6)8-12(9-11)15-4;1-8-5-9(11(14)13(3)4)7-10(6-8)12-2;1-4-13-11(14)10-7-9(12-3)6-5-8(10)2;1-12-9-5-7(4-8(11)6-9)10(14)13(2)3;1-11-10(13)8-5-4-6-9(7-8)12(2)3;1-11-8-4-6(9(13)12-2)3-7(10)5-8/h9-11,17H,7-8H2,1-6H3;7-9,15H,1-6H3;5-7,12H,1-4H3;5-7,12H,4H2,1-3H3,(H,13,14);4-6,12H,1-3H3;4-7H,1-3H3,(H,11,13);3-5,11H,1-2H3,(H,12,13). The van der Waals surface area contributed by atoms with E-state index in [0.717, 1.165) is 91.7 Å². The van der Waals surface area contributed by atoms with Gasteiger partial charge in [0.1, 0.15) is 0 Å². The van der Waals surface area contributed by atoms with Crippen LogP contribution in [-0.2, 0) is 10.8 Å². The Morgan fingerprint density at radius 2 is 0.760 bits per heavy atom. The van der Waals surface area contributed by atoms with Gasteiger partial charge in [-0.25, -0.2) is 0 Å². The van der Waals surface area contributed by atoms with Gasteiger partial charge >= 0.3 is 0 Å². The van der Waals surface area contributed by atoms with Crippen molar-refractivity contribution >= 4 is 104 Å². The molecule has 0 spiro atoms. The molecule has 0 atom stereocenters. The molecular weight excluding hydrogens is 1350 g/mol. The van der Waals surface area contributed by atoms with Crippen LogP contribution in [0.4, 0.5) is 39.8 Å². The first-order valence-electron chi connectivity index (χ1n) is 34.3. The summed E-state index contributed by atoms with van der Waals surface area (Å²) in [6.07, 6.45) is 0.972. The third kappa shape index (κ3) is 31.7. The summed E-state index contributed by atoms with van der Waals surface area (Å²) in [5.41, 5.74) is 15.8. The predicted molar refractivity (Wildman–Crippen MR) is 440 cm³/mol. The molecule has 7 aromatic rings. The Kier molecular flexibility index (Phi) is 40.0. The van der Waals surface area contributed by atoms with E-state index < -0.39 is 0 Å². The topological polar surface area (TPSA) is 244 Å². The minimum absolute atomic E-state index is 0.0119. The molecule has 0 saturated carbocycles. The zero-order chi connectivity index (χ0) is 79.5. The van der Waals surface area contributed by atoms with Crippen LogP contribution < -0.4 is 52.8 Å². The summed E-state index contributed by atoms with van der Waals surface area (Å²) in [4.78, 5) is 90.2. The Labute approximate surface area is 631 Å². The van der Waals surface area contributed by atoms with Gasteiger partial charge in [0.05, 0.1) is 0 Å². The largest absolute Gasteiger partial charge is 0.388 e. The van der Waals surface area contributed by atoms with Gasteiger partial charge in [0.2, 0.25) is 0 Å². The molecule has 21 nitrogen and oxygen atoms in total. The summed E-state index contributed by atoms with van der Waals surface area (Å²) in [6, 6.07) is 41.3. The number of halogens is 2. The van der Waals surface area contributed by atoms with Gasteiger partial charge in [-0.1, -0.05) is 83.8 Å². The molecular formula is C81H118Cl2N14O7. The van der Waals surface area contributed by atoms with Crippen molar-refractivity contribution in [1.82, 2.24) is 35.6 Å². The molecule has 7 rings (SSSR count). The van der Waals surface area contributed by atoms with Crippen LogP contribution in [0.15, 0.2) is 133 Å². The Hall–Kier alpha value is -9.99. The lowest BCUT2D eigenvalue weighted by Crippen LogP contribution is -2.28. The van der Waals surface area contributed by atoms with Gasteiger partial charge in [-0.05, 0) is 182 Å². The van der Waals surface area contributed by atoms with Crippen molar-refractivity contribution in [1.29, 1.82) is 0 Å². The smallest absolute Gasteiger partial charge is 0.253 e. The van der Waals surface area contributed by atoms with E-state index in [1.165, 1.54) is 10.5 Å². The number of nitrogens with one attached hydrogen (secondary N) is 9. The summed E-state index contributed by atoms with van der Waals surface area (Å²) in [5.74, 6) is -0.101. The van der Waals surface area contributed by atoms with Crippen LogP contribution in [-0.4, -0.2) is 194 Å². The number of aryl methyl sites for hydroxylation is 2.